The molecule has 2 aliphatic rings. The molecule has 0 unspecified atom stereocenters. The first kappa shape index (κ1) is 49.6. The van der Waals surface area contributed by atoms with Gasteiger partial charge in [-0.25, -0.2) is 9.59 Å². The van der Waals surface area contributed by atoms with Crippen LogP contribution < -0.4 is 21.3 Å². The normalized spacial score (nSPS) is 17.6. The van der Waals surface area contributed by atoms with Crippen LogP contribution in [0.1, 0.15) is 49.9 Å². The number of hydrogen-bond donors (Lipinski definition) is 6. The van der Waals surface area contributed by atoms with E-state index in [9.17, 15) is 29.4 Å². The van der Waals surface area contributed by atoms with E-state index in [-0.39, 0.29) is 36.7 Å². The summed E-state index contributed by atoms with van der Waals surface area (Å²) in [7, 11) is 0. The molecule has 2 heterocycles. The van der Waals surface area contributed by atoms with Crippen LogP contribution in [0.4, 0.5) is 9.59 Å². The lowest BCUT2D eigenvalue weighted by molar-refractivity contribution is -0.129. The van der Waals surface area contributed by atoms with Gasteiger partial charge in [0, 0.05) is 65.4 Å². The van der Waals surface area contributed by atoms with E-state index in [1.807, 2.05) is 125 Å². The van der Waals surface area contributed by atoms with E-state index < -0.39 is 48.2 Å². The molecule has 14 nitrogen and oxygen atoms in total. The fraction of sp³-hybridized carbons (Fsp3) is 0.462. The van der Waals surface area contributed by atoms with Crippen molar-refractivity contribution in [3.63, 3.8) is 0 Å². The number of hydrogen-bond acceptors (Lipinski definition) is 8. The van der Waals surface area contributed by atoms with Gasteiger partial charge < -0.3 is 41.3 Å². The van der Waals surface area contributed by atoms with Gasteiger partial charge in [0.2, 0.25) is 11.8 Å². The smallest absolute Gasteiger partial charge is 0.318 e. The van der Waals surface area contributed by atoms with Crippen LogP contribution in [0.25, 0.3) is 0 Å². The van der Waals surface area contributed by atoms with Crippen LogP contribution in [-0.4, -0.2) is 142 Å². The zero-order valence-electron chi connectivity index (χ0n) is 39.0. The second-order valence-electron chi connectivity index (χ2n) is 18.4. The Hall–Kier alpha value is -5.80. The van der Waals surface area contributed by atoms with Crippen LogP contribution in [-0.2, 0) is 35.5 Å². The number of aliphatic hydroxyl groups is 2. The molecule has 4 aromatic rings. The molecule has 0 bridgehead atoms. The highest BCUT2D eigenvalue weighted by atomic mass is 16.3. The zero-order valence-corrected chi connectivity index (χ0v) is 39.0. The lowest BCUT2D eigenvalue weighted by Crippen LogP contribution is -2.63. The number of nitrogens with one attached hydrogen (secondary N) is 4. The lowest BCUT2D eigenvalue weighted by atomic mass is 9.90. The summed E-state index contributed by atoms with van der Waals surface area (Å²) in [6.07, 6.45) is -2.82. The minimum Gasteiger partial charge on any atom is -0.388 e. The molecule has 2 aliphatic heterocycles. The van der Waals surface area contributed by atoms with Crippen molar-refractivity contribution in [3.05, 3.63) is 144 Å². The second-order valence-corrected chi connectivity index (χ2v) is 18.4. The summed E-state index contributed by atoms with van der Waals surface area (Å²) >= 11 is 0. The minimum atomic E-state index is -1.57. The summed E-state index contributed by atoms with van der Waals surface area (Å²) in [6, 6.07) is 34.5. The number of carbonyl (C=O) groups is 4. The van der Waals surface area contributed by atoms with Gasteiger partial charge >= 0.3 is 12.1 Å². The Kier molecular flexibility index (Phi) is 18.5. The molecule has 14 heteroatoms. The number of amides is 6. The Morgan fingerprint density at radius 2 is 0.727 bits per heavy atom. The Bertz CT molecular complexity index is 1950. The second kappa shape index (κ2) is 24.6. The summed E-state index contributed by atoms with van der Waals surface area (Å²) in [4.78, 5) is 63.9. The molecule has 6 atom stereocenters. The Balaban J connectivity index is 1.12. The van der Waals surface area contributed by atoms with Gasteiger partial charge in [-0.2, -0.15) is 0 Å². The first-order valence-electron chi connectivity index (χ1n) is 23.5. The average molecular weight is 903 g/mol. The van der Waals surface area contributed by atoms with Crippen molar-refractivity contribution in [2.24, 2.45) is 11.8 Å². The number of nitrogens with zero attached hydrogens (tertiary/aromatic N) is 4. The third-order valence-corrected chi connectivity index (χ3v) is 12.7. The molecular weight excluding hydrogens is 833 g/mol. The molecule has 0 aromatic heterocycles. The number of aliphatic hydroxyl groups excluding tert-OH is 2. The van der Waals surface area contributed by atoms with Gasteiger partial charge in [0.05, 0.1) is 12.1 Å². The molecule has 2 saturated heterocycles. The molecule has 0 radical (unpaired) electrons. The van der Waals surface area contributed by atoms with E-state index in [2.05, 4.69) is 55.3 Å². The van der Waals surface area contributed by atoms with Crippen LogP contribution in [0.3, 0.4) is 0 Å². The quantitative estimate of drug-likeness (QED) is 0.0812. The van der Waals surface area contributed by atoms with Gasteiger partial charge in [-0.3, -0.25) is 19.4 Å². The van der Waals surface area contributed by atoms with Gasteiger partial charge in [0.1, 0.15) is 24.3 Å². The van der Waals surface area contributed by atoms with Crippen molar-refractivity contribution in [3.8, 4) is 0 Å². The van der Waals surface area contributed by atoms with Crippen LogP contribution in [0.15, 0.2) is 121 Å². The maximum Gasteiger partial charge on any atom is 0.318 e. The lowest BCUT2D eigenvalue weighted by Gasteiger charge is -2.37. The molecule has 0 spiro atoms. The highest BCUT2D eigenvalue weighted by Crippen LogP contribution is 2.18. The Morgan fingerprint density at radius 3 is 1.02 bits per heavy atom. The highest BCUT2D eigenvalue weighted by Gasteiger charge is 2.38. The van der Waals surface area contributed by atoms with Crippen molar-refractivity contribution < 1.29 is 29.4 Å². The third kappa shape index (κ3) is 14.6. The predicted octanol–water partition coefficient (Wildman–Crippen LogP) is 4.27. The molecule has 6 N–H and O–H groups in total. The monoisotopic (exact) mass is 903 g/mol. The molecule has 6 rings (SSSR count). The molecule has 0 aliphatic carbocycles. The molecule has 354 valence electrons. The largest absolute Gasteiger partial charge is 0.388 e. The third-order valence-electron chi connectivity index (χ3n) is 12.7. The van der Waals surface area contributed by atoms with Crippen LogP contribution >= 0.6 is 0 Å². The molecule has 2 fully saturated rings. The van der Waals surface area contributed by atoms with Gasteiger partial charge in [-0.05, 0) is 46.9 Å². The SMILES string of the molecule is CC(C)[C@H](NC(=O)N1CCN(Cc2ccccc2)CC1)C(=O)N[C@@H](Cc1ccccc1)[C@H](O)[C@@H](O)[C@H](Cc1ccccc1)NC(=O)[C@@H](NC(=O)N1CCN(Cc2ccccc2)CC1)C(C)C. The molecule has 6 amide bonds. The average Bonchev–Trinajstić information content (AvgIpc) is 3.33. The van der Waals surface area contributed by atoms with Crippen LogP contribution in [0.5, 0.6) is 0 Å². The van der Waals surface area contributed by atoms with Gasteiger partial charge in [-0.1, -0.05) is 149 Å². The van der Waals surface area contributed by atoms with E-state index in [1.54, 1.807) is 9.80 Å². The molecule has 4 aromatic carbocycles. The Morgan fingerprint density at radius 1 is 0.439 bits per heavy atom. The maximum atomic E-state index is 14.3. The fourth-order valence-corrected chi connectivity index (χ4v) is 8.69. The fourth-order valence-electron chi connectivity index (χ4n) is 8.69. The van der Waals surface area contributed by atoms with Crippen molar-refractivity contribution in [2.75, 3.05) is 52.4 Å². The summed E-state index contributed by atoms with van der Waals surface area (Å²) < 4.78 is 0. The van der Waals surface area contributed by atoms with Gasteiger partial charge in [-0.15, -0.1) is 0 Å². The van der Waals surface area contributed by atoms with Crippen molar-refractivity contribution in [1.82, 2.24) is 40.9 Å². The number of benzene rings is 4. The summed E-state index contributed by atoms with van der Waals surface area (Å²) in [5.74, 6) is -1.61. The minimum absolute atomic E-state index is 0.155. The standard InChI is InChI=1S/C52H70N8O6/c1-37(2)45(55-51(65)59-29-25-57(26-30-59)35-41-21-13-7-14-22-41)49(63)53-43(33-39-17-9-5-10-18-39)47(61)48(62)44(34-40-19-11-6-12-20-40)54-50(64)46(38(3)4)56-52(66)60-31-27-58(28-32-60)36-42-23-15-8-16-24-42/h5-24,37-38,43-48,61-62H,25-36H2,1-4H3,(H,53,63)(H,54,64)(H,55,65)(H,56,66)/t43-,44-,45-,46-,47-,48-/m0/s1. The number of piperazine rings is 2. The molecule has 0 saturated carbocycles. The Labute approximate surface area is 390 Å². The van der Waals surface area contributed by atoms with E-state index in [4.69, 9.17) is 0 Å². The van der Waals surface area contributed by atoms with Gasteiger partial charge in [0.15, 0.2) is 0 Å². The zero-order chi connectivity index (χ0) is 47.0. The van der Waals surface area contributed by atoms with Crippen molar-refractivity contribution >= 4 is 23.9 Å². The summed E-state index contributed by atoms with van der Waals surface area (Å²) in [5.41, 5.74) is 4.03. The van der Waals surface area contributed by atoms with Crippen molar-refractivity contribution in [1.29, 1.82) is 0 Å². The van der Waals surface area contributed by atoms with E-state index >= 15 is 0 Å². The summed E-state index contributed by atoms with van der Waals surface area (Å²) in [5, 5.41) is 36.2. The van der Waals surface area contributed by atoms with E-state index in [1.165, 1.54) is 11.1 Å². The topological polar surface area (TPSA) is 170 Å². The summed E-state index contributed by atoms with van der Waals surface area (Å²) in [6.45, 7) is 13.8. The van der Waals surface area contributed by atoms with Gasteiger partial charge in [0.25, 0.3) is 0 Å². The number of rotatable bonds is 19. The maximum absolute atomic E-state index is 14.3. The van der Waals surface area contributed by atoms with Crippen LogP contribution in [0, 0.1) is 11.8 Å². The first-order chi connectivity index (χ1) is 31.8. The van der Waals surface area contributed by atoms with Crippen LogP contribution in [0.2, 0.25) is 0 Å². The molecule has 66 heavy (non-hydrogen) atoms. The highest BCUT2D eigenvalue weighted by molar-refractivity contribution is 5.88. The number of urea groups is 2. The van der Waals surface area contributed by atoms with E-state index in [0.29, 0.717) is 52.4 Å². The number of carbonyl (C=O) groups excluding carboxylic acids is 4. The van der Waals surface area contributed by atoms with Crippen molar-refractivity contribution in [2.45, 2.75) is 90.0 Å². The first-order valence-corrected chi connectivity index (χ1v) is 23.5. The molecular formula is C52H70N8O6. The predicted molar refractivity (Wildman–Crippen MR) is 257 cm³/mol. The van der Waals surface area contributed by atoms with E-state index in [0.717, 1.165) is 24.2 Å².